The fourth-order valence-corrected chi connectivity index (χ4v) is 5.00. The maximum Gasteiger partial charge on any atom is 0.321 e. The largest absolute Gasteiger partial charge is 0.497 e. The van der Waals surface area contributed by atoms with E-state index in [-0.39, 0.29) is 30.3 Å². The fourth-order valence-electron chi connectivity index (χ4n) is 4.08. The number of aliphatic hydroxyl groups excluding tert-OH is 1. The molecule has 1 fully saturated rings. The summed E-state index contributed by atoms with van der Waals surface area (Å²) in [6, 6.07) is 5.32. The van der Waals surface area contributed by atoms with Crippen LogP contribution >= 0.6 is 11.3 Å². The molecule has 0 aliphatic carbocycles. The Morgan fingerprint density at radius 3 is 2.59 bits per heavy atom. The number of rotatable bonds is 7. The molecule has 4 rings (SSSR count). The Kier molecular flexibility index (Phi) is 7.98. The highest BCUT2D eigenvalue weighted by Gasteiger charge is 2.27. The van der Waals surface area contributed by atoms with Crippen LogP contribution in [0.5, 0.6) is 5.75 Å². The van der Waals surface area contributed by atoms with Crippen LogP contribution < -0.4 is 26.0 Å². The molecule has 37 heavy (non-hydrogen) atoms. The maximum atomic E-state index is 13.0. The van der Waals surface area contributed by atoms with Gasteiger partial charge in [0.25, 0.3) is 5.91 Å². The van der Waals surface area contributed by atoms with Gasteiger partial charge in [-0.1, -0.05) is 13.8 Å². The van der Waals surface area contributed by atoms with E-state index < -0.39 is 6.10 Å². The van der Waals surface area contributed by atoms with Crippen molar-refractivity contribution < 1.29 is 19.4 Å². The van der Waals surface area contributed by atoms with Crippen molar-refractivity contribution in [3.8, 4) is 5.75 Å². The molecule has 0 radical (unpaired) electrons. The van der Waals surface area contributed by atoms with Crippen LogP contribution in [-0.2, 0) is 0 Å². The summed E-state index contributed by atoms with van der Waals surface area (Å²) in [5, 5.41) is 18.2. The minimum absolute atomic E-state index is 0.0281. The van der Waals surface area contributed by atoms with Crippen molar-refractivity contribution in [3.05, 3.63) is 34.7 Å². The number of amides is 3. The van der Waals surface area contributed by atoms with Crippen LogP contribution in [0.4, 0.5) is 22.2 Å². The summed E-state index contributed by atoms with van der Waals surface area (Å²) >= 11 is 1.32. The first-order chi connectivity index (χ1) is 17.7. The van der Waals surface area contributed by atoms with Crippen LogP contribution in [0.25, 0.3) is 10.2 Å². The van der Waals surface area contributed by atoms with E-state index >= 15 is 0 Å². The summed E-state index contributed by atoms with van der Waals surface area (Å²) < 4.78 is 5.23. The number of piperazine rings is 1. The van der Waals surface area contributed by atoms with Gasteiger partial charge in [0, 0.05) is 43.8 Å². The monoisotopic (exact) mass is 527 g/mol. The van der Waals surface area contributed by atoms with Gasteiger partial charge in [0.15, 0.2) is 0 Å². The van der Waals surface area contributed by atoms with Crippen molar-refractivity contribution in [3.63, 3.8) is 0 Å². The zero-order valence-corrected chi connectivity index (χ0v) is 22.3. The number of aryl methyl sites for hydroxylation is 1. The van der Waals surface area contributed by atoms with E-state index in [0.29, 0.717) is 47.8 Å². The molecule has 5 N–H and O–H groups in total. The second kappa shape index (κ2) is 11.2. The summed E-state index contributed by atoms with van der Waals surface area (Å²) in [6.07, 6.45) is -0.638. The normalized spacial score (nSPS) is 14.6. The molecule has 12 heteroatoms. The van der Waals surface area contributed by atoms with Crippen LogP contribution in [-0.4, -0.2) is 77.9 Å². The number of ether oxygens (including phenoxy) is 1. The number of carbonyl (C=O) groups is 2. The standard InChI is InChI=1S/C25H33N7O4S/c1-14(2)19(33)12-27-22(34)17-13-37-23-20(17)21(29-24(26)30-23)31-7-9-32(10-8-31)25(35)28-18-6-5-16(36-4)11-15(18)3/h5-6,11,13-14,19,33H,7-10,12H2,1-4H3,(H,27,34)(H,28,35)(H2,26,29,30). The Morgan fingerprint density at radius 2 is 1.95 bits per heavy atom. The zero-order chi connectivity index (χ0) is 26.7. The number of urea groups is 1. The number of fused-ring (bicyclic) bond motifs is 1. The number of nitrogens with two attached hydrogens (primary N) is 1. The minimum atomic E-state index is -0.638. The van der Waals surface area contributed by atoms with Crippen molar-refractivity contribution >= 4 is 50.9 Å². The number of hydrogen-bond acceptors (Lipinski definition) is 9. The Bertz CT molecular complexity index is 1290. The van der Waals surface area contributed by atoms with E-state index in [1.807, 2.05) is 43.9 Å². The molecular formula is C25H33N7O4S. The molecule has 198 valence electrons. The maximum absolute atomic E-state index is 13.0. The van der Waals surface area contributed by atoms with Gasteiger partial charge in [-0.2, -0.15) is 4.98 Å². The van der Waals surface area contributed by atoms with Gasteiger partial charge in [-0.05, 0) is 36.6 Å². The van der Waals surface area contributed by atoms with Crippen molar-refractivity contribution in [2.45, 2.75) is 26.9 Å². The van der Waals surface area contributed by atoms with Crippen LogP contribution in [0.2, 0.25) is 0 Å². The zero-order valence-electron chi connectivity index (χ0n) is 21.4. The molecule has 1 atom stereocenters. The Hall–Kier alpha value is -3.64. The summed E-state index contributed by atoms with van der Waals surface area (Å²) in [7, 11) is 1.61. The SMILES string of the molecule is COc1ccc(NC(=O)N2CCN(c3nc(N)nc4scc(C(=O)NCC(O)C(C)C)c34)CC2)c(C)c1. The summed E-state index contributed by atoms with van der Waals surface area (Å²) in [6.45, 7) is 7.83. The van der Waals surface area contributed by atoms with Gasteiger partial charge in [0.2, 0.25) is 5.95 Å². The molecule has 11 nitrogen and oxygen atoms in total. The Balaban J connectivity index is 1.47. The van der Waals surface area contributed by atoms with E-state index in [0.717, 1.165) is 17.0 Å². The number of nitrogen functional groups attached to an aromatic ring is 1. The van der Waals surface area contributed by atoms with E-state index in [2.05, 4.69) is 20.6 Å². The number of aromatic nitrogens is 2. The molecule has 1 aromatic carbocycles. The predicted octanol–water partition coefficient (Wildman–Crippen LogP) is 2.69. The topological polar surface area (TPSA) is 146 Å². The third kappa shape index (κ3) is 5.86. The average molecular weight is 528 g/mol. The number of benzene rings is 1. The van der Waals surface area contributed by atoms with Gasteiger partial charge >= 0.3 is 6.03 Å². The number of thiophene rings is 1. The number of anilines is 3. The molecule has 0 bridgehead atoms. The molecule has 1 saturated heterocycles. The summed E-state index contributed by atoms with van der Waals surface area (Å²) in [5.41, 5.74) is 8.07. The summed E-state index contributed by atoms with van der Waals surface area (Å²) in [4.78, 5) is 39.0. The van der Waals surface area contributed by atoms with Crippen LogP contribution in [0.3, 0.4) is 0 Å². The third-order valence-corrected chi connectivity index (χ3v) is 7.33. The summed E-state index contributed by atoms with van der Waals surface area (Å²) in [5.74, 6) is 1.16. The molecule has 3 heterocycles. The van der Waals surface area contributed by atoms with E-state index in [1.54, 1.807) is 17.4 Å². The molecule has 1 aliphatic heterocycles. The Morgan fingerprint density at radius 1 is 1.22 bits per heavy atom. The molecular weight excluding hydrogens is 494 g/mol. The van der Waals surface area contributed by atoms with E-state index in [4.69, 9.17) is 10.5 Å². The molecule has 0 saturated carbocycles. The first-order valence-electron chi connectivity index (χ1n) is 12.1. The number of hydrogen-bond donors (Lipinski definition) is 4. The van der Waals surface area contributed by atoms with Crippen LogP contribution in [0, 0.1) is 12.8 Å². The molecule has 1 aliphatic rings. The van der Waals surface area contributed by atoms with Crippen LogP contribution in [0.1, 0.15) is 29.8 Å². The lowest BCUT2D eigenvalue weighted by atomic mass is 10.1. The highest BCUT2D eigenvalue weighted by molar-refractivity contribution is 7.17. The molecule has 2 aromatic heterocycles. The predicted molar refractivity (Wildman–Crippen MR) is 146 cm³/mol. The number of methoxy groups -OCH3 is 1. The first-order valence-corrected chi connectivity index (χ1v) is 13.0. The lowest BCUT2D eigenvalue weighted by molar-refractivity contribution is 0.0873. The van der Waals surface area contributed by atoms with Crippen molar-refractivity contribution in [2.24, 2.45) is 5.92 Å². The smallest absolute Gasteiger partial charge is 0.321 e. The Labute approximate surface area is 219 Å². The van der Waals surface area contributed by atoms with Gasteiger partial charge < -0.3 is 36.0 Å². The third-order valence-electron chi connectivity index (χ3n) is 6.46. The lowest BCUT2D eigenvalue weighted by Gasteiger charge is -2.35. The van der Waals surface area contributed by atoms with Gasteiger partial charge in [0.05, 0.1) is 24.2 Å². The quantitative estimate of drug-likeness (QED) is 0.367. The number of carbonyl (C=O) groups excluding carboxylic acids is 2. The average Bonchev–Trinajstić information content (AvgIpc) is 3.31. The van der Waals surface area contributed by atoms with E-state index in [9.17, 15) is 14.7 Å². The number of aliphatic hydroxyl groups is 1. The van der Waals surface area contributed by atoms with Gasteiger partial charge in [-0.25, -0.2) is 9.78 Å². The van der Waals surface area contributed by atoms with Gasteiger partial charge in [0.1, 0.15) is 16.4 Å². The number of nitrogens with one attached hydrogen (secondary N) is 2. The first kappa shape index (κ1) is 26.4. The second-order valence-electron chi connectivity index (χ2n) is 9.34. The minimum Gasteiger partial charge on any atom is -0.497 e. The van der Waals surface area contributed by atoms with E-state index in [1.165, 1.54) is 11.3 Å². The van der Waals surface area contributed by atoms with Crippen molar-refractivity contribution in [1.29, 1.82) is 0 Å². The molecule has 0 spiro atoms. The van der Waals surface area contributed by atoms with Gasteiger partial charge in [-0.15, -0.1) is 11.3 Å². The molecule has 3 aromatic rings. The fraction of sp³-hybridized carbons (Fsp3) is 0.440. The number of nitrogens with zero attached hydrogens (tertiary/aromatic N) is 4. The van der Waals surface area contributed by atoms with Crippen LogP contribution in [0.15, 0.2) is 23.6 Å². The van der Waals surface area contributed by atoms with Crippen molar-refractivity contribution in [2.75, 3.05) is 55.8 Å². The highest BCUT2D eigenvalue weighted by Crippen LogP contribution is 2.33. The highest BCUT2D eigenvalue weighted by atomic mass is 32.1. The molecule has 3 amide bonds. The second-order valence-corrected chi connectivity index (χ2v) is 10.2. The van der Waals surface area contributed by atoms with Gasteiger partial charge in [-0.3, -0.25) is 4.79 Å². The molecule has 1 unspecified atom stereocenters. The lowest BCUT2D eigenvalue weighted by Crippen LogP contribution is -2.50. The van der Waals surface area contributed by atoms with Crippen molar-refractivity contribution in [1.82, 2.24) is 20.2 Å².